The molecule has 0 saturated carbocycles. The van der Waals surface area contributed by atoms with Crippen LogP contribution in [0, 0.1) is 0 Å². The molecule has 0 aromatic carbocycles. The molecule has 0 amide bonds. The molecule has 0 spiro atoms. The van der Waals surface area contributed by atoms with Crippen LogP contribution in [0.4, 0.5) is 13.2 Å². The lowest BCUT2D eigenvalue weighted by atomic mass is 10.2. The van der Waals surface area contributed by atoms with Crippen molar-refractivity contribution in [3.8, 4) is 5.75 Å². The molecule has 16 heavy (non-hydrogen) atoms. The van der Waals surface area contributed by atoms with E-state index in [4.69, 9.17) is 4.74 Å². The van der Waals surface area contributed by atoms with Gasteiger partial charge in [0, 0.05) is 12.3 Å². The number of methoxy groups -OCH3 is 1. The van der Waals surface area contributed by atoms with Gasteiger partial charge >= 0.3 is 6.18 Å². The Labute approximate surface area is 97.0 Å². The van der Waals surface area contributed by atoms with Crippen molar-refractivity contribution in [2.75, 3.05) is 7.11 Å². The first-order valence-corrected chi connectivity index (χ1v) is 5.00. The fourth-order valence-electron chi connectivity index (χ4n) is 1.36. The number of nitrogens with zero attached hydrogens (tertiary/aromatic N) is 2. The number of hydrogen-bond acceptors (Lipinski definition) is 2. The minimum atomic E-state index is -4.46. The van der Waals surface area contributed by atoms with Gasteiger partial charge in [0.1, 0.15) is 21.6 Å². The largest absolute Gasteiger partial charge is 0.496 e. The average molecular weight is 295 g/mol. The molecule has 0 saturated heterocycles. The van der Waals surface area contributed by atoms with Crippen LogP contribution < -0.4 is 4.74 Å². The molecule has 7 heteroatoms. The summed E-state index contributed by atoms with van der Waals surface area (Å²) in [5, 5.41) is 0. The zero-order chi connectivity index (χ0) is 11.9. The van der Waals surface area contributed by atoms with Crippen LogP contribution in [-0.2, 0) is 6.18 Å². The third-order valence-corrected chi connectivity index (χ3v) is 2.68. The first kappa shape index (κ1) is 11.3. The molecule has 0 radical (unpaired) electrons. The molecule has 2 aromatic heterocycles. The number of rotatable bonds is 1. The molecular formula is C9H6BrF3N2O. The van der Waals surface area contributed by atoms with Crippen LogP contribution >= 0.6 is 15.9 Å². The molecule has 0 fully saturated rings. The van der Waals surface area contributed by atoms with E-state index in [-0.39, 0.29) is 5.75 Å². The second-order valence-electron chi connectivity index (χ2n) is 3.06. The Balaban J connectivity index is 2.75. The number of halogens is 4. The Bertz CT molecular complexity index is 535. The number of alkyl halides is 3. The van der Waals surface area contributed by atoms with Gasteiger partial charge in [-0.05, 0) is 15.9 Å². The summed E-state index contributed by atoms with van der Waals surface area (Å²) < 4.78 is 44.5. The standard InChI is InChI=1S/C9H6BrF3N2O/c1-16-6-2-8-14-3-7(10)15(8)4-5(6)9(11,12)13/h2-4H,1H3. The smallest absolute Gasteiger partial charge is 0.421 e. The molecule has 86 valence electrons. The van der Waals surface area contributed by atoms with E-state index in [2.05, 4.69) is 20.9 Å². The monoisotopic (exact) mass is 294 g/mol. The average Bonchev–Trinajstić information content (AvgIpc) is 2.57. The number of hydrogen-bond donors (Lipinski definition) is 0. The number of ether oxygens (including phenoxy) is 1. The molecule has 0 aliphatic carbocycles. The van der Waals surface area contributed by atoms with Gasteiger partial charge in [-0.15, -0.1) is 0 Å². The highest BCUT2D eigenvalue weighted by Crippen LogP contribution is 2.37. The van der Waals surface area contributed by atoms with Gasteiger partial charge in [-0.3, -0.25) is 4.40 Å². The molecule has 3 nitrogen and oxygen atoms in total. The Morgan fingerprint density at radius 2 is 2.12 bits per heavy atom. The Morgan fingerprint density at radius 3 is 2.69 bits per heavy atom. The second kappa shape index (κ2) is 3.65. The molecule has 0 unspecified atom stereocenters. The minimum Gasteiger partial charge on any atom is -0.496 e. The maximum Gasteiger partial charge on any atom is 0.421 e. The summed E-state index contributed by atoms with van der Waals surface area (Å²) in [6.07, 6.45) is -2.08. The number of fused-ring (bicyclic) bond motifs is 1. The second-order valence-corrected chi connectivity index (χ2v) is 3.87. The highest BCUT2D eigenvalue weighted by Gasteiger charge is 2.35. The van der Waals surface area contributed by atoms with E-state index in [1.54, 1.807) is 0 Å². The fourth-order valence-corrected chi connectivity index (χ4v) is 1.74. The fraction of sp³-hybridized carbons (Fsp3) is 0.222. The lowest BCUT2D eigenvalue weighted by Gasteiger charge is -2.12. The molecule has 0 N–H and O–H groups in total. The quantitative estimate of drug-likeness (QED) is 0.808. The lowest BCUT2D eigenvalue weighted by molar-refractivity contribution is -0.139. The van der Waals surface area contributed by atoms with E-state index in [0.29, 0.717) is 10.3 Å². The zero-order valence-electron chi connectivity index (χ0n) is 8.05. The van der Waals surface area contributed by atoms with Crippen LogP contribution in [0.2, 0.25) is 0 Å². The van der Waals surface area contributed by atoms with Gasteiger partial charge in [0.25, 0.3) is 0 Å². The summed E-state index contributed by atoms with van der Waals surface area (Å²) in [6.45, 7) is 0. The van der Waals surface area contributed by atoms with E-state index in [1.807, 2.05) is 0 Å². The van der Waals surface area contributed by atoms with Crippen LogP contribution in [0.5, 0.6) is 5.75 Å². The highest BCUT2D eigenvalue weighted by atomic mass is 79.9. The summed E-state index contributed by atoms with van der Waals surface area (Å²) >= 11 is 3.11. The van der Waals surface area contributed by atoms with Crippen molar-refractivity contribution in [3.63, 3.8) is 0 Å². The zero-order valence-corrected chi connectivity index (χ0v) is 9.63. The van der Waals surface area contributed by atoms with Crippen LogP contribution in [-0.4, -0.2) is 16.5 Å². The Kier molecular flexibility index (Phi) is 2.57. The van der Waals surface area contributed by atoms with Crippen LogP contribution in [0.3, 0.4) is 0 Å². The molecular weight excluding hydrogens is 289 g/mol. The minimum absolute atomic E-state index is 0.238. The number of aromatic nitrogens is 2. The molecule has 2 aromatic rings. The molecule has 2 heterocycles. The van der Waals surface area contributed by atoms with E-state index < -0.39 is 11.7 Å². The number of imidazole rings is 1. The molecule has 0 bridgehead atoms. The highest BCUT2D eigenvalue weighted by molar-refractivity contribution is 9.10. The first-order chi connectivity index (χ1) is 7.43. The van der Waals surface area contributed by atoms with Crippen molar-refractivity contribution in [3.05, 3.63) is 28.6 Å². The van der Waals surface area contributed by atoms with Crippen molar-refractivity contribution in [2.24, 2.45) is 0 Å². The van der Waals surface area contributed by atoms with Crippen LogP contribution in [0.25, 0.3) is 5.65 Å². The summed E-state index contributed by atoms with van der Waals surface area (Å²) in [6, 6.07) is 1.24. The first-order valence-electron chi connectivity index (χ1n) is 4.21. The number of pyridine rings is 1. The third-order valence-electron chi connectivity index (χ3n) is 2.09. The normalized spacial score (nSPS) is 12.1. The van der Waals surface area contributed by atoms with Crippen LogP contribution in [0.15, 0.2) is 23.1 Å². The van der Waals surface area contributed by atoms with Gasteiger partial charge in [0.15, 0.2) is 0 Å². The van der Waals surface area contributed by atoms with Crippen molar-refractivity contribution < 1.29 is 17.9 Å². The van der Waals surface area contributed by atoms with Gasteiger partial charge in [-0.25, -0.2) is 4.98 Å². The van der Waals surface area contributed by atoms with Gasteiger partial charge in [-0.1, -0.05) is 0 Å². The maximum absolute atomic E-state index is 12.7. The summed E-state index contributed by atoms with van der Waals surface area (Å²) in [4.78, 5) is 3.92. The van der Waals surface area contributed by atoms with Crippen molar-refractivity contribution in [1.29, 1.82) is 0 Å². The van der Waals surface area contributed by atoms with E-state index in [9.17, 15) is 13.2 Å². The van der Waals surface area contributed by atoms with Crippen molar-refractivity contribution >= 4 is 21.6 Å². The van der Waals surface area contributed by atoms with Gasteiger partial charge in [-0.2, -0.15) is 13.2 Å². The van der Waals surface area contributed by atoms with Crippen molar-refractivity contribution in [1.82, 2.24) is 9.38 Å². The van der Waals surface area contributed by atoms with Crippen molar-refractivity contribution in [2.45, 2.75) is 6.18 Å². The van der Waals surface area contributed by atoms with Gasteiger partial charge < -0.3 is 4.74 Å². The van der Waals surface area contributed by atoms with Crippen LogP contribution in [0.1, 0.15) is 5.56 Å². The molecule has 0 aliphatic heterocycles. The van der Waals surface area contributed by atoms with E-state index in [0.717, 1.165) is 6.20 Å². The summed E-state index contributed by atoms with van der Waals surface area (Å²) in [5.41, 5.74) is -0.446. The summed E-state index contributed by atoms with van der Waals surface area (Å²) in [5.74, 6) is -0.238. The Morgan fingerprint density at radius 1 is 1.44 bits per heavy atom. The van der Waals surface area contributed by atoms with E-state index >= 15 is 0 Å². The molecule has 2 rings (SSSR count). The Hall–Kier alpha value is -1.24. The molecule has 0 aliphatic rings. The van der Waals surface area contributed by atoms with E-state index in [1.165, 1.54) is 23.8 Å². The topological polar surface area (TPSA) is 26.5 Å². The predicted octanol–water partition coefficient (Wildman–Crippen LogP) is 3.12. The molecule has 0 atom stereocenters. The van der Waals surface area contributed by atoms with Gasteiger partial charge in [0.05, 0.1) is 13.3 Å². The third kappa shape index (κ3) is 1.75. The predicted molar refractivity (Wildman–Crippen MR) is 54.4 cm³/mol. The van der Waals surface area contributed by atoms with Gasteiger partial charge in [0.2, 0.25) is 0 Å². The maximum atomic E-state index is 12.7. The summed E-state index contributed by atoms with van der Waals surface area (Å²) in [7, 11) is 1.19. The SMILES string of the molecule is COc1cc2ncc(Br)n2cc1C(F)(F)F. The lowest BCUT2D eigenvalue weighted by Crippen LogP contribution is -2.09.